The zero-order valence-electron chi connectivity index (χ0n) is 14.7. The summed E-state index contributed by atoms with van der Waals surface area (Å²) in [5, 5.41) is 0. The minimum atomic E-state index is 0. The van der Waals surface area contributed by atoms with E-state index in [-0.39, 0.29) is 24.8 Å². The molecule has 0 bridgehead atoms. The Bertz CT molecular complexity index is 416. The quantitative estimate of drug-likeness (QED) is 0.406. The van der Waals surface area contributed by atoms with Gasteiger partial charge in [-0.05, 0) is 5.41 Å². The molecule has 0 aromatic carbocycles. The Balaban J connectivity index is -0.000000273. The van der Waals surface area contributed by atoms with Gasteiger partial charge in [-0.1, -0.05) is 47.0 Å². The Hall–Kier alpha value is 0.293. The van der Waals surface area contributed by atoms with Gasteiger partial charge < -0.3 is 0 Å². The van der Waals surface area contributed by atoms with Crippen LogP contribution in [0.2, 0.25) is 0 Å². The number of allylic oxidation sites excluding steroid dienone is 8. The fourth-order valence-electron chi connectivity index (χ4n) is 1.82. The molecule has 2 rings (SSSR count). The van der Waals surface area contributed by atoms with Crippen molar-refractivity contribution in [2.75, 3.05) is 0 Å². The molecule has 0 amide bonds. The number of hydrogen-bond acceptors (Lipinski definition) is 0. The van der Waals surface area contributed by atoms with Gasteiger partial charge in [0.2, 0.25) is 0 Å². The molecule has 0 aromatic rings. The van der Waals surface area contributed by atoms with E-state index in [9.17, 15) is 0 Å². The molecule has 0 nitrogen and oxygen atoms in total. The van der Waals surface area contributed by atoms with Crippen molar-refractivity contribution >= 4 is 29.0 Å². The molecule has 0 heterocycles. The average Bonchev–Trinajstić information content (AvgIpc) is 3.04. The van der Waals surface area contributed by atoms with E-state index in [4.69, 9.17) is 0 Å². The van der Waals surface area contributed by atoms with Gasteiger partial charge in [0.15, 0.2) is 0 Å². The second kappa shape index (κ2) is 12.7. The van der Waals surface area contributed by atoms with Gasteiger partial charge in [0.25, 0.3) is 0 Å². The first-order valence-electron chi connectivity index (χ1n) is 7.10. The molecule has 22 heavy (non-hydrogen) atoms. The molecule has 2 aliphatic rings. The van der Waals surface area contributed by atoms with Crippen LogP contribution in [-0.2, 0) is 24.2 Å². The van der Waals surface area contributed by atoms with E-state index in [1.165, 1.54) is 35.4 Å². The van der Waals surface area contributed by atoms with Crippen molar-refractivity contribution in [3.8, 4) is 0 Å². The van der Waals surface area contributed by atoms with Gasteiger partial charge in [-0.25, -0.2) is 18.2 Å². The number of halogens is 2. The Kier molecular flexibility index (Phi) is 15.7. The van der Waals surface area contributed by atoms with Crippen LogP contribution in [-0.4, -0.2) is 4.21 Å². The van der Waals surface area contributed by atoms with Crippen LogP contribution < -0.4 is 0 Å². The SMILES string of the molecule is CC(C)(C)C1=CC=[C-]C1.CC(C)(C)C1=CC[C-]=C1.Cl.Cl.[CH2]=[Zr+2]. The molecular formula is C19H30Cl2Zr. The maximum absolute atomic E-state index is 3.34. The molecule has 0 saturated heterocycles. The van der Waals surface area contributed by atoms with Gasteiger partial charge >= 0.3 is 28.4 Å². The molecule has 0 spiro atoms. The van der Waals surface area contributed by atoms with Gasteiger partial charge in [-0.3, -0.25) is 12.2 Å². The maximum atomic E-state index is 3.34. The van der Waals surface area contributed by atoms with Crippen LogP contribution in [0.3, 0.4) is 0 Å². The Morgan fingerprint density at radius 1 is 0.955 bits per heavy atom. The molecule has 0 N–H and O–H groups in total. The van der Waals surface area contributed by atoms with Crippen LogP contribution in [0.15, 0.2) is 35.5 Å². The average molecular weight is 421 g/mol. The zero-order valence-corrected chi connectivity index (χ0v) is 18.8. The number of rotatable bonds is 0. The summed E-state index contributed by atoms with van der Waals surface area (Å²) in [6.07, 6.45) is 16.9. The molecule has 0 aliphatic heterocycles. The summed E-state index contributed by atoms with van der Waals surface area (Å²) < 4.78 is 3.34. The van der Waals surface area contributed by atoms with E-state index in [1.54, 1.807) is 0 Å². The Morgan fingerprint density at radius 3 is 1.68 bits per heavy atom. The van der Waals surface area contributed by atoms with Crippen molar-refractivity contribution in [2.24, 2.45) is 10.8 Å². The fourth-order valence-corrected chi connectivity index (χ4v) is 1.82. The standard InChI is InChI=1S/2C9H13.CH2.2ClH.Zr/c2*1-9(2,3)8-6-4-5-7-8;;;;/h6-7H,4H2,1-3H3;4,6H,7H2,1-3H3;1H2;2*1H;/q2*-1;;;;+2. The molecule has 3 heteroatoms. The zero-order chi connectivity index (χ0) is 15.8. The first-order valence-corrected chi connectivity index (χ1v) is 8.84. The second-order valence-electron chi connectivity index (χ2n) is 6.95. The first kappa shape index (κ1) is 27.2. The van der Waals surface area contributed by atoms with Crippen molar-refractivity contribution in [1.29, 1.82) is 0 Å². The van der Waals surface area contributed by atoms with E-state index >= 15 is 0 Å². The van der Waals surface area contributed by atoms with Crippen LogP contribution >= 0.6 is 24.8 Å². The van der Waals surface area contributed by atoms with Crippen molar-refractivity contribution in [1.82, 2.24) is 0 Å². The minimum absolute atomic E-state index is 0. The van der Waals surface area contributed by atoms with E-state index in [2.05, 4.69) is 76.1 Å². The van der Waals surface area contributed by atoms with Crippen molar-refractivity contribution in [3.63, 3.8) is 0 Å². The molecule has 0 fully saturated rings. The van der Waals surface area contributed by atoms with E-state index in [0.717, 1.165) is 12.8 Å². The third kappa shape index (κ3) is 10.9. The van der Waals surface area contributed by atoms with E-state index < -0.39 is 0 Å². The molecule has 0 unspecified atom stereocenters. The summed E-state index contributed by atoms with van der Waals surface area (Å²) in [5.41, 5.74) is 3.58. The molecule has 0 aromatic heterocycles. The van der Waals surface area contributed by atoms with Gasteiger partial charge in [0.05, 0.1) is 0 Å². The van der Waals surface area contributed by atoms with Crippen LogP contribution in [0.4, 0.5) is 0 Å². The summed E-state index contributed by atoms with van der Waals surface area (Å²) in [7, 11) is 0. The molecule has 0 atom stereocenters. The van der Waals surface area contributed by atoms with E-state index in [1.807, 2.05) is 6.08 Å². The Labute approximate surface area is 165 Å². The monoisotopic (exact) mass is 418 g/mol. The first-order chi connectivity index (χ1) is 9.21. The normalized spacial score (nSPS) is 15.3. The van der Waals surface area contributed by atoms with Crippen LogP contribution in [0.25, 0.3) is 0 Å². The number of hydrogen-bond donors (Lipinski definition) is 0. The van der Waals surface area contributed by atoms with Crippen LogP contribution in [0.5, 0.6) is 0 Å². The van der Waals surface area contributed by atoms with Gasteiger partial charge in [-0.15, -0.1) is 37.7 Å². The summed E-state index contributed by atoms with van der Waals surface area (Å²) in [4.78, 5) is 0. The van der Waals surface area contributed by atoms with Gasteiger partial charge in [0.1, 0.15) is 0 Å². The summed E-state index contributed by atoms with van der Waals surface area (Å²) in [5.74, 6) is 0. The fraction of sp³-hybridized carbons (Fsp3) is 0.526. The molecular weight excluding hydrogens is 390 g/mol. The van der Waals surface area contributed by atoms with Crippen molar-refractivity contribution in [2.45, 2.75) is 54.4 Å². The predicted octanol–water partition coefficient (Wildman–Crippen LogP) is 6.25. The molecule has 0 saturated carbocycles. The van der Waals surface area contributed by atoms with Crippen LogP contribution in [0.1, 0.15) is 54.4 Å². The predicted molar refractivity (Wildman–Crippen MR) is 102 cm³/mol. The second-order valence-corrected chi connectivity index (χ2v) is 6.95. The third-order valence-corrected chi connectivity index (χ3v) is 3.22. The van der Waals surface area contributed by atoms with Gasteiger partial charge in [0, 0.05) is 0 Å². The van der Waals surface area contributed by atoms with Crippen molar-refractivity contribution in [3.05, 3.63) is 47.6 Å². The summed E-state index contributed by atoms with van der Waals surface area (Å²) in [6, 6.07) is 0. The Morgan fingerprint density at radius 2 is 1.50 bits per heavy atom. The topological polar surface area (TPSA) is 0 Å². The summed E-state index contributed by atoms with van der Waals surface area (Å²) >= 11 is 1.30. The van der Waals surface area contributed by atoms with E-state index in [0.29, 0.717) is 10.8 Å². The molecule has 0 radical (unpaired) electrons. The molecule has 124 valence electrons. The molecule has 2 aliphatic carbocycles. The third-order valence-electron chi connectivity index (χ3n) is 3.22. The summed E-state index contributed by atoms with van der Waals surface area (Å²) in [6.45, 7) is 13.4. The van der Waals surface area contributed by atoms with Crippen LogP contribution in [0, 0.1) is 23.0 Å². The van der Waals surface area contributed by atoms with Gasteiger partial charge in [-0.2, -0.15) is 17.2 Å². The van der Waals surface area contributed by atoms with Crippen molar-refractivity contribution < 1.29 is 24.2 Å².